The van der Waals surface area contributed by atoms with Gasteiger partial charge in [-0.15, -0.1) is 0 Å². The number of hydrogen-bond donors (Lipinski definition) is 5. The van der Waals surface area contributed by atoms with E-state index in [1.54, 1.807) is 0 Å². The van der Waals surface area contributed by atoms with Crippen LogP contribution in [0.1, 0.15) is 32.6 Å². The predicted molar refractivity (Wildman–Crippen MR) is 80.7 cm³/mol. The fourth-order valence-corrected chi connectivity index (χ4v) is 1.35. The van der Waals surface area contributed by atoms with E-state index in [0.717, 1.165) is 19.4 Å². The van der Waals surface area contributed by atoms with Crippen molar-refractivity contribution in [1.82, 2.24) is 0 Å². The Morgan fingerprint density at radius 2 is 1.33 bits per heavy atom. The van der Waals surface area contributed by atoms with Gasteiger partial charge in [0.1, 0.15) is 0 Å². The van der Waals surface area contributed by atoms with Crippen molar-refractivity contribution in [2.24, 2.45) is 0 Å². The molecule has 0 radical (unpaired) electrons. The van der Waals surface area contributed by atoms with Crippen LogP contribution >= 0.6 is 0 Å². The summed E-state index contributed by atoms with van der Waals surface area (Å²) in [6, 6.07) is 0. The van der Waals surface area contributed by atoms with Crippen molar-refractivity contribution in [2.75, 3.05) is 33.0 Å². The Balaban J connectivity index is 0. The van der Waals surface area contributed by atoms with Gasteiger partial charge >= 0.3 is 17.9 Å². The number of aliphatic hydroxyl groups excluding tert-OH is 1. The summed E-state index contributed by atoms with van der Waals surface area (Å²) < 4.78 is 10.2. The van der Waals surface area contributed by atoms with Crippen LogP contribution in [-0.2, 0) is 23.9 Å². The third-order valence-electron chi connectivity index (χ3n) is 2.54. The molecule has 0 amide bonds. The van der Waals surface area contributed by atoms with Crippen LogP contribution in [0.5, 0.6) is 0 Å². The lowest BCUT2D eigenvalue weighted by atomic mass is 9.96. The van der Waals surface area contributed by atoms with Crippen LogP contribution < -0.4 is 0 Å². The lowest BCUT2D eigenvalue weighted by molar-refractivity contribution is -0.170. The highest BCUT2D eigenvalue weighted by Crippen LogP contribution is 2.15. The monoisotopic (exact) mass is 354 g/mol. The molecule has 0 aromatic carbocycles. The molecule has 10 heteroatoms. The standard InChI is InChI=1S/C8H18O3.C6H8O7/c1-2-3-5-10-7-8-11-6-4-9;7-3(8)1-6(13,5(11)12)2-4(9)10/h9H,2-8H2,1H3;13H,1-2H2,(H,7,8)(H,9,10)(H,11,12). The van der Waals surface area contributed by atoms with Crippen LogP contribution in [0.3, 0.4) is 0 Å². The maximum Gasteiger partial charge on any atom is 0.336 e. The summed E-state index contributed by atoms with van der Waals surface area (Å²) in [5, 5.41) is 42.2. The van der Waals surface area contributed by atoms with Crippen LogP contribution in [0.2, 0.25) is 0 Å². The molecular formula is C14H26O10. The van der Waals surface area contributed by atoms with E-state index in [4.69, 9.17) is 35.0 Å². The zero-order valence-electron chi connectivity index (χ0n) is 13.6. The summed E-state index contributed by atoms with van der Waals surface area (Å²) in [5.74, 6) is -5.02. The molecule has 24 heavy (non-hydrogen) atoms. The summed E-state index contributed by atoms with van der Waals surface area (Å²) in [6.45, 7) is 4.68. The summed E-state index contributed by atoms with van der Waals surface area (Å²) in [7, 11) is 0. The van der Waals surface area contributed by atoms with E-state index in [-0.39, 0.29) is 6.61 Å². The van der Waals surface area contributed by atoms with E-state index in [1.807, 2.05) is 0 Å². The number of carbonyl (C=O) groups is 3. The van der Waals surface area contributed by atoms with Crippen molar-refractivity contribution in [2.45, 2.75) is 38.2 Å². The molecular weight excluding hydrogens is 328 g/mol. The number of hydrogen-bond acceptors (Lipinski definition) is 7. The van der Waals surface area contributed by atoms with E-state index in [0.29, 0.717) is 19.8 Å². The quantitative estimate of drug-likeness (QED) is 0.273. The van der Waals surface area contributed by atoms with Crippen LogP contribution in [0.4, 0.5) is 0 Å². The lowest BCUT2D eigenvalue weighted by Crippen LogP contribution is -2.42. The molecule has 0 aliphatic rings. The normalized spacial score (nSPS) is 10.6. The minimum absolute atomic E-state index is 0.0922. The van der Waals surface area contributed by atoms with Crippen molar-refractivity contribution >= 4 is 17.9 Å². The number of carboxylic acids is 3. The molecule has 0 aromatic rings. The Morgan fingerprint density at radius 3 is 1.67 bits per heavy atom. The minimum Gasteiger partial charge on any atom is -0.481 e. The molecule has 0 saturated carbocycles. The van der Waals surface area contributed by atoms with Gasteiger partial charge in [-0.05, 0) is 6.42 Å². The highest BCUT2D eigenvalue weighted by atomic mass is 16.5. The topological polar surface area (TPSA) is 171 Å². The van der Waals surface area contributed by atoms with Crippen molar-refractivity contribution in [3.8, 4) is 0 Å². The van der Waals surface area contributed by atoms with Crippen molar-refractivity contribution < 1.29 is 49.4 Å². The Labute approximate surface area is 139 Å². The molecule has 5 N–H and O–H groups in total. The average Bonchev–Trinajstić information content (AvgIpc) is 2.45. The summed E-state index contributed by atoms with van der Waals surface area (Å²) in [4.78, 5) is 30.5. The second-order valence-electron chi connectivity index (χ2n) is 4.78. The van der Waals surface area contributed by atoms with Gasteiger partial charge in [0.25, 0.3) is 0 Å². The van der Waals surface area contributed by atoms with Crippen LogP contribution in [0.25, 0.3) is 0 Å². The van der Waals surface area contributed by atoms with Crippen molar-refractivity contribution in [3.63, 3.8) is 0 Å². The highest BCUT2D eigenvalue weighted by molar-refractivity contribution is 5.88. The second kappa shape index (κ2) is 14.8. The van der Waals surface area contributed by atoms with Crippen LogP contribution in [-0.4, -0.2) is 82.1 Å². The summed E-state index contributed by atoms with van der Waals surface area (Å²) in [5.41, 5.74) is -2.74. The van der Waals surface area contributed by atoms with Gasteiger partial charge in [-0.1, -0.05) is 13.3 Å². The molecule has 10 nitrogen and oxygen atoms in total. The molecule has 0 spiro atoms. The first kappa shape index (κ1) is 24.5. The first-order chi connectivity index (χ1) is 11.2. The zero-order valence-corrected chi connectivity index (χ0v) is 13.6. The van der Waals surface area contributed by atoms with Gasteiger partial charge in [-0.2, -0.15) is 0 Å². The number of ether oxygens (including phenoxy) is 2. The predicted octanol–water partition coefficient (Wildman–Crippen LogP) is -0.436. The molecule has 0 atom stereocenters. The summed E-state index contributed by atoms with van der Waals surface area (Å²) >= 11 is 0. The van der Waals surface area contributed by atoms with Gasteiger partial charge in [0.05, 0.1) is 39.3 Å². The van der Waals surface area contributed by atoms with Gasteiger partial charge in [0.2, 0.25) is 0 Å². The minimum atomic E-state index is -2.74. The van der Waals surface area contributed by atoms with Crippen molar-refractivity contribution in [3.05, 3.63) is 0 Å². The van der Waals surface area contributed by atoms with E-state index in [9.17, 15) is 14.4 Å². The average molecular weight is 354 g/mol. The fourth-order valence-electron chi connectivity index (χ4n) is 1.35. The number of aliphatic carboxylic acids is 3. The van der Waals surface area contributed by atoms with Gasteiger partial charge < -0.3 is 35.0 Å². The first-order valence-corrected chi connectivity index (χ1v) is 7.35. The Morgan fingerprint density at radius 1 is 0.875 bits per heavy atom. The molecule has 0 aromatic heterocycles. The fraction of sp³-hybridized carbons (Fsp3) is 0.786. The Hall–Kier alpha value is -1.75. The molecule has 0 unspecified atom stereocenters. The van der Waals surface area contributed by atoms with Crippen molar-refractivity contribution in [1.29, 1.82) is 0 Å². The van der Waals surface area contributed by atoms with Gasteiger partial charge in [0, 0.05) is 6.61 Å². The Bertz CT molecular complexity index is 345. The number of aliphatic hydroxyl groups is 2. The first-order valence-electron chi connectivity index (χ1n) is 7.35. The molecule has 0 heterocycles. The van der Waals surface area contributed by atoms with E-state index < -0.39 is 36.4 Å². The molecule has 0 saturated heterocycles. The number of rotatable bonds is 13. The van der Waals surface area contributed by atoms with E-state index in [1.165, 1.54) is 0 Å². The van der Waals surface area contributed by atoms with Gasteiger partial charge in [0.15, 0.2) is 5.60 Å². The van der Waals surface area contributed by atoms with E-state index >= 15 is 0 Å². The summed E-state index contributed by atoms with van der Waals surface area (Å²) in [6.07, 6.45) is -0.0131. The smallest absolute Gasteiger partial charge is 0.336 e. The molecule has 0 fully saturated rings. The van der Waals surface area contributed by atoms with Crippen LogP contribution in [0, 0.1) is 0 Å². The third kappa shape index (κ3) is 15.2. The third-order valence-corrected chi connectivity index (χ3v) is 2.54. The molecule has 0 bridgehead atoms. The molecule has 0 aliphatic carbocycles. The Kier molecular flexibility index (Phi) is 15.1. The zero-order chi connectivity index (χ0) is 19.0. The highest BCUT2D eigenvalue weighted by Gasteiger charge is 2.40. The van der Waals surface area contributed by atoms with Crippen LogP contribution in [0.15, 0.2) is 0 Å². The number of carboxylic acid groups (broad SMARTS) is 3. The van der Waals surface area contributed by atoms with E-state index in [2.05, 4.69) is 6.92 Å². The second-order valence-corrected chi connectivity index (χ2v) is 4.78. The maximum absolute atomic E-state index is 10.3. The maximum atomic E-state index is 10.3. The lowest BCUT2D eigenvalue weighted by Gasteiger charge is -2.18. The van der Waals surface area contributed by atoms with Gasteiger partial charge in [-0.3, -0.25) is 9.59 Å². The number of unbranched alkanes of at least 4 members (excludes halogenated alkanes) is 1. The largest absolute Gasteiger partial charge is 0.481 e. The molecule has 0 aliphatic heterocycles. The SMILES string of the molecule is CCCCOCCOCCO.O=C(O)CC(O)(CC(=O)O)C(=O)O. The van der Waals surface area contributed by atoms with Gasteiger partial charge in [-0.25, -0.2) is 4.79 Å². The molecule has 142 valence electrons. The molecule has 0 rings (SSSR count).